The molecule has 4 rings (SSSR count). The maximum absolute atomic E-state index is 11.8. The Balaban J connectivity index is 0.000000183. The van der Waals surface area contributed by atoms with E-state index in [0.717, 1.165) is 17.4 Å². The van der Waals surface area contributed by atoms with Crippen LogP contribution in [0.2, 0.25) is 0 Å². The van der Waals surface area contributed by atoms with Gasteiger partial charge in [-0.05, 0) is 24.1 Å². The average molecular weight is 418 g/mol. The number of ether oxygens (including phenoxy) is 1. The number of benzene rings is 2. The molecule has 0 aliphatic rings. The van der Waals surface area contributed by atoms with Crippen LogP contribution in [0.25, 0.3) is 21.8 Å². The van der Waals surface area contributed by atoms with Gasteiger partial charge in [0.1, 0.15) is 18.9 Å². The van der Waals surface area contributed by atoms with Gasteiger partial charge >= 0.3 is 5.97 Å². The van der Waals surface area contributed by atoms with Gasteiger partial charge in [-0.2, -0.15) is 0 Å². The minimum atomic E-state index is -0.927. The maximum Gasteiger partial charge on any atom is 0.324 e. The molecular weight excluding hydrogens is 390 g/mol. The van der Waals surface area contributed by atoms with Gasteiger partial charge in [0.15, 0.2) is 0 Å². The van der Waals surface area contributed by atoms with E-state index in [1.807, 2.05) is 61.8 Å². The number of hydrogen-bond donors (Lipinski definition) is 2. The molecular formula is C25H27N3O3. The monoisotopic (exact) mass is 417 g/mol. The molecule has 2 aromatic heterocycles. The van der Waals surface area contributed by atoms with E-state index in [0.29, 0.717) is 6.42 Å². The van der Waals surface area contributed by atoms with Crippen molar-refractivity contribution in [2.24, 2.45) is 11.1 Å². The van der Waals surface area contributed by atoms with Crippen molar-refractivity contribution in [2.45, 2.75) is 32.9 Å². The van der Waals surface area contributed by atoms with E-state index in [1.165, 1.54) is 16.3 Å². The van der Waals surface area contributed by atoms with Crippen molar-refractivity contribution in [1.82, 2.24) is 9.97 Å². The van der Waals surface area contributed by atoms with Crippen molar-refractivity contribution in [3.05, 3.63) is 78.6 Å². The van der Waals surface area contributed by atoms with Crippen LogP contribution < -0.4 is 5.73 Å². The summed E-state index contributed by atoms with van der Waals surface area (Å²) in [6.07, 6.45) is 4.90. The van der Waals surface area contributed by atoms with Gasteiger partial charge in [0.2, 0.25) is 0 Å². The molecule has 0 saturated carbocycles. The van der Waals surface area contributed by atoms with Crippen LogP contribution in [0.15, 0.2) is 73.1 Å². The number of esters is 1. The molecule has 2 atom stereocenters. The summed E-state index contributed by atoms with van der Waals surface area (Å²) in [6, 6.07) is 18.7. The first kappa shape index (κ1) is 22.2. The lowest BCUT2D eigenvalue weighted by molar-refractivity contribution is -0.151. The Morgan fingerprint density at radius 3 is 2.48 bits per heavy atom. The summed E-state index contributed by atoms with van der Waals surface area (Å²) in [7, 11) is 0. The molecule has 2 unspecified atom stereocenters. The van der Waals surface area contributed by atoms with Gasteiger partial charge in [0, 0.05) is 27.9 Å². The zero-order chi connectivity index (χ0) is 22.3. The standard InChI is InChI=1S/C14H19NO3.C11H8N2/c1-3-14(2,10-16)12(15)13(17)18-9-11-7-5-4-6-8-11;1-2-4-10-8(3-1)9-5-6-12-7-11(9)13-10/h4-8,10,12H,3,9,15H2,1-2H3;1-7,13H. The predicted molar refractivity (Wildman–Crippen MR) is 122 cm³/mol. The van der Waals surface area contributed by atoms with E-state index in [4.69, 9.17) is 10.5 Å². The van der Waals surface area contributed by atoms with Crippen LogP contribution in [0.1, 0.15) is 25.8 Å². The summed E-state index contributed by atoms with van der Waals surface area (Å²) in [4.78, 5) is 30.2. The van der Waals surface area contributed by atoms with Gasteiger partial charge in [0.05, 0.1) is 11.7 Å². The number of pyridine rings is 1. The number of nitrogens with zero attached hydrogens (tertiary/aromatic N) is 1. The number of carbonyl (C=O) groups is 2. The molecule has 31 heavy (non-hydrogen) atoms. The number of aromatic nitrogens is 2. The number of hydrogen-bond acceptors (Lipinski definition) is 5. The van der Waals surface area contributed by atoms with Crippen LogP contribution in [-0.2, 0) is 20.9 Å². The van der Waals surface area contributed by atoms with Crippen LogP contribution in [0, 0.1) is 5.41 Å². The first-order chi connectivity index (χ1) is 15.0. The Labute approximate surface area is 181 Å². The summed E-state index contributed by atoms with van der Waals surface area (Å²) in [5.41, 5.74) is 8.07. The highest BCUT2D eigenvalue weighted by Gasteiger charge is 2.35. The van der Waals surface area contributed by atoms with Gasteiger partial charge in [0.25, 0.3) is 0 Å². The molecule has 160 valence electrons. The minimum Gasteiger partial charge on any atom is -0.460 e. The Morgan fingerprint density at radius 1 is 1.10 bits per heavy atom. The Morgan fingerprint density at radius 2 is 1.77 bits per heavy atom. The number of nitrogens with two attached hydrogens (primary N) is 1. The first-order valence-electron chi connectivity index (χ1n) is 10.2. The molecule has 6 nitrogen and oxygen atoms in total. The van der Waals surface area contributed by atoms with Crippen molar-refractivity contribution in [2.75, 3.05) is 0 Å². The van der Waals surface area contributed by atoms with Crippen LogP contribution >= 0.6 is 0 Å². The van der Waals surface area contributed by atoms with Crippen molar-refractivity contribution in [3.8, 4) is 0 Å². The summed E-state index contributed by atoms with van der Waals surface area (Å²) in [6.45, 7) is 3.65. The topological polar surface area (TPSA) is 98.1 Å². The first-order valence-corrected chi connectivity index (χ1v) is 10.2. The number of aromatic amines is 1. The van der Waals surface area contributed by atoms with Crippen LogP contribution in [0.5, 0.6) is 0 Å². The SMILES string of the molecule is CCC(C)(C=O)C(N)C(=O)OCc1ccccc1.c1ccc2c(c1)[nH]c1cnccc12. The Bertz CT molecular complexity index is 1110. The molecule has 0 radical (unpaired) electrons. The second-order valence-corrected chi connectivity index (χ2v) is 7.64. The second kappa shape index (κ2) is 10.00. The third kappa shape index (κ3) is 5.16. The number of para-hydroxylation sites is 1. The van der Waals surface area contributed by atoms with Crippen molar-refractivity contribution in [1.29, 1.82) is 0 Å². The third-order valence-electron chi connectivity index (χ3n) is 5.53. The molecule has 0 fully saturated rings. The Kier molecular flexibility index (Phi) is 7.15. The lowest BCUT2D eigenvalue weighted by atomic mass is 9.82. The molecule has 0 amide bonds. The summed E-state index contributed by atoms with van der Waals surface area (Å²) in [5.74, 6) is -0.546. The molecule has 0 spiro atoms. The molecule has 2 heterocycles. The highest BCUT2D eigenvalue weighted by atomic mass is 16.5. The zero-order valence-corrected chi connectivity index (χ0v) is 17.7. The van der Waals surface area contributed by atoms with Crippen molar-refractivity contribution < 1.29 is 14.3 Å². The quantitative estimate of drug-likeness (QED) is 0.358. The number of fused-ring (bicyclic) bond motifs is 3. The molecule has 3 N–H and O–H groups in total. The minimum absolute atomic E-state index is 0.173. The fourth-order valence-corrected chi connectivity index (χ4v) is 3.17. The second-order valence-electron chi connectivity index (χ2n) is 7.64. The van der Waals surface area contributed by atoms with E-state index in [2.05, 4.69) is 28.2 Å². The molecule has 0 saturated heterocycles. The average Bonchev–Trinajstić information content (AvgIpc) is 3.21. The van der Waals surface area contributed by atoms with Gasteiger partial charge in [-0.25, -0.2) is 0 Å². The number of rotatable bonds is 6. The van der Waals surface area contributed by atoms with E-state index in [1.54, 1.807) is 6.92 Å². The van der Waals surface area contributed by atoms with Crippen molar-refractivity contribution >= 4 is 34.1 Å². The largest absolute Gasteiger partial charge is 0.460 e. The van der Waals surface area contributed by atoms with Crippen LogP contribution in [0.4, 0.5) is 0 Å². The van der Waals surface area contributed by atoms with Gasteiger partial charge in [-0.3, -0.25) is 9.78 Å². The third-order valence-corrected chi connectivity index (χ3v) is 5.53. The Hall–Kier alpha value is -3.51. The highest BCUT2D eigenvalue weighted by Crippen LogP contribution is 2.24. The molecule has 0 aliphatic carbocycles. The van der Waals surface area contributed by atoms with E-state index in [9.17, 15) is 9.59 Å². The lowest BCUT2D eigenvalue weighted by Gasteiger charge is -2.26. The lowest BCUT2D eigenvalue weighted by Crippen LogP contribution is -2.47. The van der Waals surface area contributed by atoms with E-state index in [-0.39, 0.29) is 6.61 Å². The smallest absolute Gasteiger partial charge is 0.324 e. The molecule has 6 heteroatoms. The van der Waals surface area contributed by atoms with E-state index >= 15 is 0 Å². The number of aldehydes is 1. The summed E-state index contributed by atoms with van der Waals surface area (Å²) < 4.78 is 5.12. The summed E-state index contributed by atoms with van der Waals surface area (Å²) in [5, 5.41) is 2.51. The number of H-pyrrole nitrogens is 1. The number of carbonyl (C=O) groups excluding carboxylic acids is 2. The molecule has 0 bridgehead atoms. The van der Waals surface area contributed by atoms with Crippen LogP contribution in [0.3, 0.4) is 0 Å². The highest BCUT2D eigenvalue weighted by molar-refractivity contribution is 6.06. The van der Waals surface area contributed by atoms with Crippen LogP contribution in [-0.4, -0.2) is 28.3 Å². The van der Waals surface area contributed by atoms with Crippen molar-refractivity contribution in [3.63, 3.8) is 0 Å². The fraction of sp³-hybridized carbons (Fsp3) is 0.240. The predicted octanol–water partition coefficient (Wildman–Crippen LogP) is 4.39. The van der Waals surface area contributed by atoms with Gasteiger partial charge in [-0.15, -0.1) is 0 Å². The summed E-state index contributed by atoms with van der Waals surface area (Å²) >= 11 is 0. The van der Waals surface area contributed by atoms with Gasteiger partial charge in [-0.1, -0.05) is 62.4 Å². The molecule has 4 aromatic rings. The normalized spacial score (nSPS) is 13.6. The van der Waals surface area contributed by atoms with E-state index < -0.39 is 17.4 Å². The number of nitrogens with one attached hydrogen (secondary N) is 1. The molecule has 0 aliphatic heterocycles. The van der Waals surface area contributed by atoms with Gasteiger partial charge < -0.3 is 20.2 Å². The molecule has 2 aromatic carbocycles. The fourth-order valence-electron chi connectivity index (χ4n) is 3.17. The maximum atomic E-state index is 11.8. The zero-order valence-electron chi connectivity index (χ0n) is 17.7.